The van der Waals surface area contributed by atoms with Gasteiger partial charge in [0.25, 0.3) is 0 Å². The zero-order valence-corrected chi connectivity index (χ0v) is 24.6. The second kappa shape index (κ2) is 15.9. The summed E-state index contributed by atoms with van der Waals surface area (Å²) in [5, 5.41) is 30.1. The summed E-state index contributed by atoms with van der Waals surface area (Å²) >= 11 is 3.19. The van der Waals surface area contributed by atoms with Crippen LogP contribution in [0.3, 0.4) is 0 Å². The molecule has 1 saturated heterocycles. The molecule has 0 radical (unpaired) electrons. The van der Waals surface area contributed by atoms with Crippen LogP contribution in [0, 0.1) is 6.92 Å². The number of hydrogen-bond acceptors (Lipinski definition) is 10. The normalized spacial score (nSPS) is 18.7. The minimum atomic E-state index is -0.578. The van der Waals surface area contributed by atoms with Gasteiger partial charge in [0.1, 0.15) is 5.01 Å². The van der Waals surface area contributed by atoms with Crippen molar-refractivity contribution in [1.29, 1.82) is 0 Å². The summed E-state index contributed by atoms with van der Waals surface area (Å²) in [6, 6.07) is 15.3. The predicted molar refractivity (Wildman–Crippen MR) is 156 cm³/mol. The standard InChI is InChI=1S/C29H36N4O6S2/c1-19-31-32-29(41-19)40-18-24-16-25(21-10-8-20(17-34)9-11-21)39-28(38-24)22-12-14-23(15-13-22)30-26(35)6-4-2-3-5-7-27(36)33-37/h8-15,24-25,28,34,37H,2-7,16-18H2,1H3,(H,30,35)(H,33,36)/t24-,25+,28+/m1/s1. The number of unbranched alkanes of at least 4 members (excludes halogenated alkanes) is 3. The van der Waals surface area contributed by atoms with Gasteiger partial charge in [-0.25, -0.2) is 5.48 Å². The average molecular weight is 601 g/mol. The molecule has 10 nitrogen and oxygen atoms in total. The molecule has 1 aliphatic rings. The molecule has 3 aromatic rings. The Hall–Kier alpha value is -2.87. The molecule has 0 aliphatic carbocycles. The maximum Gasteiger partial charge on any atom is 0.243 e. The molecule has 3 atom stereocenters. The summed E-state index contributed by atoms with van der Waals surface area (Å²) in [5.74, 6) is 0.259. The van der Waals surface area contributed by atoms with E-state index in [9.17, 15) is 14.7 Å². The lowest BCUT2D eigenvalue weighted by Crippen LogP contribution is -2.31. The highest BCUT2D eigenvalue weighted by Crippen LogP contribution is 2.39. The predicted octanol–water partition coefficient (Wildman–Crippen LogP) is 5.46. The number of aromatic nitrogens is 2. The summed E-state index contributed by atoms with van der Waals surface area (Å²) in [6.07, 6.45) is 3.59. The van der Waals surface area contributed by atoms with E-state index in [0.717, 1.165) is 45.3 Å². The number of carbonyl (C=O) groups is 2. The first kappa shape index (κ1) is 31.1. The van der Waals surface area contributed by atoms with Crippen LogP contribution in [0.1, 0.15) is 79.0 Å². The molecule has 12 heteroatoms. The number of hydrogen-bond donors (Lipinski definition) is 4. The van der Waals surface area contributed by atoms with Crippen molar-refractivity contribution in [2.45, 2.75) is 81.3 Å². The van der Waals surface area contributed by atoms with Crippen LogP contribution in [0.4, 0.5) is 5.69 Å². The van der Waals surface area contributed by atoms with E-state index in [1.54, 1.807) is 28.6 Å². The Morgan fingerprint density at radius 3 is 2.27 bits per heavy atom. The van der Waals surface area contributed by atoms with Crippen molar-refractivity contribution in [2.75, 3.05) is 11.1 Å². The second-order valence-corrected chi connectivity index (χ2v) is 12.3. The molecule has 4 N–H and O–H groups in total. The zero-order chi connectivity index (χ0) is 29.0. The third kappa shape index (κ3) is 9.87. The van der Waals surface area contributed by atoms with Crippen molar-refractivity contribution in [1.82, 2.24) is 15.7 Å². The number of aryl methyl sites for hydroxylation is 1. The number of thioether (sulfide) groups is 1. The van der Waals surface area contributed by atoms with Gasteiger partial charge in [-0.1, -0.05) is 72.3 Å². The molecular weight excluding hydrogens is 564 g/mol. The number of amides is 2. The molecule has 2 amide bonds. The number of anilines is 1. The Balaban J connectivity index is 1.33. The summed E-state index contributed by atoms with van der Waals surface area (Å²) in [6.45, 7) is 1.93. The number of nitrogens with one attached hydrogen (secondary N) is 2. The van der Waals surface area contributed by atoms with Gasteiger partial charge in [-0.2, -0.15) is 0 Å². The van der Waals surface area contributed by atoms with Crippen molar-refractivity contribution in [2.24, 2.45) is 0 Å². The largest absolute Gasteiger partial charge is 0.392 e. The van der Waals surface area contributed by atoms with Gasteiger partial charge >= 0.3 is 0 Å². The van der Waals surface area contributed by atoms with Crippen LogP contribution in [-0.2, 0) is 25.7 Å². The molecule has 41 heavy (non-hydrogen) atoms. The molecule has 2 heterocycles. The summed E-state index contributed by atoms with van der Waals surface area (Å²) in [7, 11) is 0. The Morgan fingerprint density at radius 2 is 1.63 bits per heavy atom. The minimum Gasteiger partial charge on any atom is -0.392 e. The molecule has 2 aromatic carbocycles. The maximum atomic E-state index is 12.4. The second-order valence-electron chi connectivity index (χ2n) is 9.87. The van der Waals surface area contributed by atoms with E-state index in [1.165, 1.54) is 0 Å². The quantitative estimate of drug-likeness (QED) is 0.0821. The van der Waals surface area contributed by atoms with Crippen molar-refractivity contribution >= 4 is 40.6 Å². The van der Waals surface area contributed by atoms with Crippen LogP contribution in [-0.4, -0.2) is 44.2 Å². The van der Waals surface area contributed by atoms with Gasteiger partial charge in [0, 0.05) is 36.3 Å². The summed E-state index contributed by atoms with van der Waals surface area (Å²) in [4.78, 5) is 23.4. The van der Waals surface area contributed by atoms with Crippen LogP contribution >= 0.6 is 23.1 Å². The highest BCUT2D eigenvalue weighted by atomic mass is 32.2. The van der Waals surface area contributed by atoms with E-state index in [0.29, 0.717) is 30.7 Å². The number of rotatable bonds is 14. The number of carbonyl (C=O) groups excluding carboxylic acids is 2. The lowest BCUT2D eigenvalue weighted by atomic mass is 10.0. The van der Waals surface area contributed by atoms with Crippen LogP contribution in [0.15, 0.2) is 52.9 Å². The topological polar surface area (TPSA) is 143 Å². The van der Waals surface area contributed by atoms with E-state index in [4.69, 9.17) is 14.7 Å². The lowest BCUT2D eigenvalue weighted by Gasteiger charge is -2.36. The fraction of sp³-hybridized carbons (Fsp3) is 0.448. The SMILES string of the molecule is Cc1nnc(SC[C@H]2C[C@@H](c3ccc(CO)cc3)O[C@@H](c3ccc(NC(=O)CCCCCCC(=O)NO)cc3)O2)s1. The van der Waals surface area contributed by atoms with Crippen molar-refractivity contribution in [3.05, 3.63) is 70.2 Å². The number of hydroxylamine groups is 1. The average Bonchev–Trinajstić information content (AvgIpc) is 3.42. The van der Waals surface area contributed by atoms with E-state index < -0.39 is 6.29 Å². The third-order valence-corrected chi connectivity index (χ3v) is 8.77. The molecule has 4 rings (SSSR count). The van der Waals surface area contributed by atoms with Gasteiger partial charge in [0.2, 0.25) is 11.8 Å². The smallest absolute Gasteiger partial charge is 0.243 e. The number of aliphatic hydroxyl groups is 1. The monoisotopic (exact) mass is 600 g/mol. The van der Waals surface area contributed by atoms with Crippen molar-refractivity contribution < 1.29 is 29.4 Å². The van der Waals surface area contributed by atoms with E-state index in [2.05, 4.69) is 15.5 Å². The van der Waals surface area contributed by atoms with Gasteiger partial charge in [-0.05, 0) is 43.0 Å². The first-order chi connectivity index (χ1) is 19.9. The Bertz CT molecular complexity index is 1250. The van der Waals surface area contributed by atoms with Crippen LogP contribution in [0.5, 0.6) is 0 Å². The molecule has 0 saturated carbocycles. The minimum absolute atomic E-state index is 0.00748. The van der Waals surface area contributed by atoms with E-state index >= 15 is 0 Å². The Labute approximate surface area is 247 Å². The number of ether oxygens (including phenoxy) is 2. The molecule has 1 aromatic heterocycles. The highest BCUT2D eigenvalue weighted by molar-refractivity contribution is 8.01. The number of benzene rings is 2. The first-order valence-electron chi connectivity index (χ1n) is 13.7. The summed E-state index contributed by atoms with van der Waals surface area (Å²) < 4.78 is 13.7. The molecule has 0 unspecified atom stereocenters. The van der Waals surface area contributed by atoms with Gasteiger partial charge in [-0.15, -0.1) is 10.2 Å². The van der Waals surface area contributed by atoms with Gasteiger partial charge < -0.3 is 19.9 Å². The molecular formula is C29H36N4O6S2. The Kier molecular flexibility index (Phi) is 12.1. The lowest BCUT2D eigenvalue weighted by molar-refractivity contribution is -0.245. The maximum absolute atomic E-state index is 12.4. The summed E-state index contributed by atoms with van der Waals surface area (Å²) in [5.41, 5.74) is 5.05. The third-order valence-electron chi connectivity index (χ3n) is 6.66. The van der Waals surface area contributed by atoms with Crippen molar-refractivity contribution in [3.8, 4) is 0 Å². The van der Waals surface area contributed by atoms with Crippen molar-refractivity contribution in [3.63, 3.8) is 0 Å². The molecule has 0 bridgehead atoms. The molecule has 1 fully saturated rings. The molecule has 0 spiro atoms. The molecule has 220 valence electrons. The van der Waals surface area contributed by atoms with Gasteiger partial charge in [-0.3, -0.25) is 14.8 Å². The van der Waals surface area contributed by atoms with Gasteiger partial charge in [0.15, 0.2) is 10.6 Å². The van der Waals surface area contributed by atoms with Crippen LogP contribution in [0.2, 0.25) is 0 Å². The zero-order valence-electron chi connectivity index (χ0n) is 23.0. The first-order valence-corrected chi connectivity index (χ1v) is 15.5. The number of aliphatic hydroxyl groups excluding tert-OH is 1. The van der Waals surface area contributed by atoms with Crippen LogP contribution < -0.4 is 10.8 Å². The fourth-order valence-corrected chi connectivity index (χ4v) is 6.31. The Morgan fingerprint density at radius 1 is 0.951 bits per heavy atom. The highest BCUT2D eigenvalue weighted by Gasteiger charge is 2.32. The fourth-order valence-electron chi connectivity index (χ4n) is 4.45. The molecule has 1 aliphatic heterocycles. The number of nitrogens with zero attached hydrogens (tertiary/aromatic N) is 2. The van der Waals surface area contributed by atoms with E-state index in [-0.39, 0.29) is 37.0 Å². The van der Waals surface area contributed by atoms with Crippen LogP contribution in [0.25, 0.3) is 0 Å². The van der Waals surface area contributed by atoms with E-state index in [1.807, 2.05) is 55.5 Å². The van der Waals surface area contributed by atoms with Gasteiger partial charge in [0.05, 0.1) is 18.8 Å².